The van der Waals surface area contributed by atoms with Crippen LogP contribution in [0.25, 0.3) is 0 Å². The molecule has 3 aliphatic rings. The van der Waals surface area contributed by atoms with Crippen LogP contribution in [-0.4, -0.2) is 19.0 Å². The van der Waals surface area contributed by atoms with Crippen molar-refractivity contribution in [2.75, 3.05) is 13.2 Å². The predicted octanol–water partition coefficient (Wildman–Crippen LogP) is 3.99. The van der Waals surface area contributed by atoms with Crippen LogP contribution in [0, 0.1) is 5.92 Å². The zero-order valence-electron chi connectivity index (χ0n) is 12.5. The van der Waals surface area contributed by atoms with Crippen molar-refractivity contribution in [1.82, 2.24) is 0 Å². The Labute approximate surface area is 121 Å². The van der Waals surface area contributed by atoms with Gasteiger partial charge in [0.05, 0.1) is 13.2 Å². The van der Waals surface area contributed by atoms with E-state index in [4.69, 9.17) is 9.47 Å². The van der Waals surface area contributed by atoms with E-state index in [1.54, 1.807) is 11.1 Å². The van der Waals surface area contributed by atoms with Gasteiger partial charge in [-0.25, -0.2) is 0 Å². The third-order valence-corrected chi connectivity index (χ3v) is 6.33. The minimum absolute atomic E-state index is 0.244. The fourth-order valence-corrected chi connectivity index (χ4v) is 4.93. The standard InChI is InChI=1S/C18H24O2/c1-13-14(2)17(16-6-4-3-5-15(13)16)7-9-18(10-8-17)19-11-12-20-18/h3-6,13-14H,7-12H2,1-2H3/t13-,14+/m0/s1. The first-order valence-corrected chi connectivity index (χ1v) is 8.04. The third kappa shape index (κ3) is 1.58. The first-order chi connectivity index (χ1) is 9.67. The summed E-state index contributed by atoms with van der Waals surface area (Å²) >= 11 is 0. The SMILES string of the molecule is C[C@@H]1c2ccccc2C2(CCC3(CC2)OCCO3)[C@@H]1C. The highest BCUT2D eigenvalue weighted by molar-refractivity contribution is 5.44. The number of rotatable bonds is 0. The predicted molar refractivity (Wildman–Crippen MR) is 78.8 cm³/mol. The average Bonchev–Trinajstić information content (AvgIpc) is 3.02. The lowest BCUT2D eigenvalue weighted by Crippen LogP contribution is -2.44. The Hall–Kier alpha value is -0.860. The van der Waals surface area contributed by atoms with Gasteiger partial charge in [-0.15, -0.1) is 0 Å². The topological polar surface area (TPSA) is 18.5 Å². The van der Waals surface area contributed by atoms with Crippen molar-refractivity contribution in [3.63, 3.8) is 0 Å². The second kappa shape index (κ2) is 4.32. The molecule has 108 valence electrons. The molecule has 1 heterocycles. The number of benzene rings is 1. The van der Waals surface area contributed by atoms with Crippen molar-refractivity contribution in [3.05, 3.63) is 35.4 Å². The maximum atomic E-state index is 5.91. The van der Waals surface area contributed by atoms with Crippen LogP contribution >= 0.6 is 0 Å². The molecule has 1 saturated heterocycles. The second-order valence-corrected chi connectivity index (χ2v) is 6.93. The molecule has 2 atom stereocenters. The van der Waals surface area contributed by atoms with Crippen LogP contribution in [0.2, 0.25) is 0 Å². The molecule has 0 bridgehead atoms. The van der Waals surface area contributed by atoms with E-state index in [-0.39, 0.29) is 5.79 Å². The van der Waals surface area contributed by atoms with Gasteiger partial charge in [0.2, 0.25) is 0 Å². The van der Waals surface area contributed by atoms with E-state index >= 15 is 0 Å². The van der Waals surface area contributed by atoms with Crippen molar-refractivity contribution < 1.29 is 9.47 Å². The van der Waals surface area contributed by atoms with Gasteiger partial charge in [-0.05, 0) is 41.2 Å². The molecule has 1 saturated carbocycles. The van der Waals surface area contributed by atoms with Gasteiger partial charge in [-0.1, -0.05) is 38.1 Å². The van der Waals surface area contributed by atoms with Crippen LogP contribution in [0.15, 0.2) is 24.3 Å². The summed E-state index contributed by atoms with van der Waals surface area (Å²) in [6, 6.07) is 9.09. The quantitative estimate of drug-likeness (QED) is 0.711. The van der Waals surface area contributed by atoms with Gasteiger partial charge in [0.15, 0.2) is 5.79 Å². The van der Waals surface area contributed by atoms with Crippen molar-refractivity contribution in [2.45, 2.75) is 56.7 Å². The largest absolute Gasteiger partial charge is 0.348 e. The lowest BCUT2D eigenvalue weighted by Gasteiger charge is -2.45. The molecule has 1 aromatic rings. The number of hydrogen-bond donors (Lipinski definition) is 0. The zero-order valence-corrected chi connectivity index (χ0v) is 12.5. The monoisotopic (exact) mass is 272 g/mol. The third-order valence-electron chi connectivity index (χ3n) is 6.33. The number of ether oxygens (including phenoxy) is 2. The fraction of sp³-hybridized carbons (Fsp3) is 0.667. The van der Waals surface area contributed by atoms with Gasteiger partial charge in [0.25, 0.3) is 0 Å². The minimum atomic E-state index is -0.244. The van der Waals surface area contributed by atoms with E-state index in [2.05, 4.69) is 38.1 Å². The molecule has 1 aliphatic heterocycles. The summed E-state index contributed by atoms with van der Waals surface area (Å²) in [6.07, 6.45) is 4.52. The summed E-state index contributed by atoms with van der Waals surface area (Å²) < 4.78 is 11.8. The van der Waals surface area contributed by atoms with E-state index < -0.39 is 0 Å². The highest BCUT2D eigenvalue weighted by Crippen LogP contribution is 2.58. The van der Waals surface area contributed by atoms with Crippen LogP contribution < -0.4 is 0 Å². The molecule has 2 fully saturated rings. The van der Waals surface area contributed by atoms with Crippen molar-refractivity contribution in [3.8, 4) is 0 Å². The van der Waals surface area contributed by atoms with Gasteiger partial charge in [0.1, 0.15) is 0 Å². The summed E-state index contributed by atoms with van der Waals surface area (Å²) in [4.78, 5) is 0. The first-order valence-electron chi connectivity index (χ1n) is 8.04. The van der Waals surface area contributed by atoms with Crippen molar-refractivity contribution >= 4 is 0 Å². The van der Waals surface area contributed by atoms with Crippen LogP contribution in [0.1, 0.15) is 56.6 Å². The van der Waals surface area contributed by atoms with Gasteiger partial charge in [0, 0.05) is 12.8 Å². The van der Waals surface area contributed by atoms with Crippen LogP contribution in [0.4, 0.5) is 0 Å². The normalized spacial score (nSPS) is 33.7. The Balaban J connectivity index is 1.68. The zero-order chi connectivity index (χ0) is 13.8. The summed E-state index contributed by atoms with van der Waals surface area (Å²) in [5, 5.41) is 0. The summed E-state index contributed by atoms with van der Waals surface area (Å²) in [7, 11) is 0. The summed E-state index contributed by atoms with van der Waals surface area (Å²) in [6.45, 7) is 6.38. The highest BCUT2D eigenvalue weighted by atomic mass is 16.7. The minimum Gasteiger partial charge on any atom is -0.348 e. The van der Waals surface area contributed by atoms with E-state index in [0.717, 1.165) is 32.0 Å². The molecule has 0 unspecified atom stereocenters. The Morgan fingerprint density at radius 2 is 1.60 bits per heavy atom. The van der Waals surface area contributed by atoms with Crippen molar-refractivity contribution in [2.24, 2.45) is 5.92 Å². The molecular weight excluding hydrogens is 248 g/mol. The Bertz CT molecular complexity index is 506. The van der Waals surface area contributed by atoms with Gasteiger partial charge in [-0.3, -0.25) is 0 Å². The summed E-state index contributed by atoms with van der Waals surface area (Å²) in [5.41, 5.74) is 3.54. The van der Waals surface area contributed by atoms with E-state index in [1.807, 2.05) is 0 Å². The number of fused-ring (bicyclic) bond motifs is 2. The van der Waals surface area contributed by atoms with E-state index in [9.17, 15) is 0 Å². The smallest absolute Gasteiger partial charge is 0.168 e. The molecule has 20 heavy (non-hydrogen) atoms. The Morgan fingerprint density at radius 1 is 0.950 bits per heavy atom. The second-order valence-electron chi connectivity index (χ2n) is 6.93. The molecule has 2 spiro atoms. The first kappa shape index (κ1) is 12.8. The molecule has 4 rings (SSSR count). The Kier molecular flexibility index (Phi) is 2.77. The maximum absolute atomic E-state index is 5.91. The highest BCUT2D eigenvalue weighted by Gasteiger charge is 2.53. The Morgan fingerprint density at radius 3 is 2.30 bits per heavy atom. The van der Waals surface area contributed by atoms with Crippen LogP contribution in [-0.2, 0) is 14.9 Å². The van der Waals surface area contributed by atoms with Gasteiger partial charge >= 0.3 is 0 Å². The van der Waals surface area contributed by atoms with Crippen LogP contribution in [0.5, 0.6) is 0 Å². The molecule has 2 aliphatic carbocycles. The molecule has 2 nitrogen and oxygen atoms in total. The van der Waals surface area contributed by atoms with E-state index in [0.29, 0.717) is 11.3 Å². The lowest BCUT2D eigenvalue weighted by molar-refractivity contribution is -0.187. The van der Waals surface area contributed by atoms with Gasteiger partial charge in [-0.2, -0.15) is 0 Å². The molecule has 0 amide bonds. The lowest BCUT2D eigenvalue weighted by atomic mass is 9.63. The maximum Gasteiger partial charge on any atom is 0.168 e. The van der Waals surface area contributed by atoms with Crippen LogP contribution in [0.3, 0.4) is 0 Å². The molecule has 0 radical (unpaired) electrons. The molecule has 1 aromatic carbocycles. The molecule has 0 N–H and O–H groups in total. The molecule has 2 heteroatoms. The summed E-state index contributed by atoms with van der Waals surface area (Å²) in [5.74, 6) is 1.15. The van der Waals surface area contributed by atoms with Gasteiger partial charge < -0.3 is 9.47 Å². The fourth-order valence-electron chi connectivity index (χ4n) is 4.93. The molecular formula is C18H24O2. The van der Waals surface area contributed by atoms with E-state index in [1.165, 1.54) is 12.8 Å². The average molecular weight is 272 g/mol. The number of hydrogen-bond acceptors (Lipinski definition) is 2. The molecule has 0 aromatic heterocycles. The van der Waals surface area contributed by atoms with Crippen molar-refractivity contribution in [1.29, 1.82) is 0 Å².